The Labute approximate surface area is 220 Å². The van der Waals surface area contributed by atoms with Gasteiger partial charge in [-0.3, -0.25) is 9.69 Å². The summed E-state index contributed by atoms with van der Waals surface area (Å²) >= 11 is 1.46. The average molecular weight is 520 g/mol. The highest BCUT2D eigenvalue weighted by Gasteiger charge is 2.15. The molecule has 1 amide bonds. The van der Waals surface area contributed by atoms with Crippen molar-refractivity contribution in [3.8, 4) is 11.5 Å². The molecule has 0 atom stereocenters. The van der Waals surface area contributed by atoms with E-state index in [-0.39, 0.29) is 11.7 Å². The van der Waals surface area contributed by atoms with Gasteiger partial charge in [0, 0.05) is 25.0 Å². The summed E-state index contributed by atoms with van der Waals surface area (Å²) in [5, 5.41) is 5.57. The molecule has 6 nitrogen and oxygen atoms in total. The number of nitrogens with one attached hydrogen (secondary N) is 1. The van der Waals surface area contributed by atoms with Gasteiger partial charge in [-0.2, -0.15) is 0 Å². The number of hydrogen-bond acceptors (Lipinski definition) is 6. The van der Waals surface area contributed by atoms with Crippen LogP contribution in [0.2, 0.25) is 0 Å². The Balaban J connectivity index is 1.43. The zero-order valence-corrected chi connectivity index (χ0v) is 21.8. The Kier molecular flexibility index (Phi) is 9.24. The van der Waals surface area contributed by atoms with Crippen LogP contribution in [0, 0.1) is 5.82 Å². The molecule has 37 heavy (non-hydrogen) atoms. The van der Waals surface area contributed by atoms with Crippen molar-refractivity contribution in [1.82, 2.24) is 15.2 Å². The van der Waals surface area contributed by atoms with Crippen molar-refractivity contribution in [2.45, 2.75) is 26.1 Å². The van der Waals surface area contributed by atoms with E-state index in [1.807, 2.05) is 48.5 Å². The minimum atomic E-state index is -0.258. The number of hydrogen-bond donors (Lipinski definition) is 1. The molecule has 4 aromatic rings. The normalized spacial score (nSPS) is 10.9. The summed E-state index contributed by atoms with van der Waals surface area (Å²) in [6, 6.07) is 22.2. The molecule has 0 aliphatic rings. The largest absolute Gasteiger partial charge is 0.493 e. The first kappa shape index (κ1) is 26.3. The predicted molar refractivity (Wildman–Crippen MR) is 143 cm³/mol. The van der Waals surface area contributed by atoms with Gasteiger partial charge in [-0.1, -0.05) is 48.5 Å². The zero-order chi connectivity index (χ0) is 26.0. The third-order valence-corrected chi connectivity index (χ3v) is 6.76. The van der Waals surface area contributed by atoms with Gasteiger partial charge in [0.2, 0.25) is 0 Å². The van der Waals surface area contributed by atoms with E-state index in [4.69, 9.17) is 9.47 Å². The average Bonchev–Trinajstić information content (AvgIpc) is 3.40. The second-order valence-corrected chi connectivity index (χ2v) is 9.51. The van der Waals surface area contributed by atoms with E-state index >= 15 is 0 Å². The van der Waals surface area contributed by atoms with E-state index in [9.17, 15) is 9.18 Å². The number of nitrogens with zero attached hydrogens (tertiary/aromatic N) is 2. The molecule has 0 saturated carbocycles. The van der Waals surface area contributed by atoms with Crippen LogP contribution in [0.15, 0.2) is 78.2 Å². The summed E-state index contributed by atoms with van der Waals surface area (Å²) < 4.78 is 24.2. The molecule has 1 aromatic heterocycles. The fourth-order valence-electron chi connectivity index (χ4n) is 3.93. The molecule has 192 valence electrons. The highest BCUT2D eigenvalue weighted by Crippen LogP contribution is 2.28. The van der Waals surface area contributed by atoms with Crippen molar-refractivity contribution in [3.63, 3.8) is 0 Å². The third-order valence-electron chi connectivity index (χ3n) is 5.92. The van der Waals surface area contributed by atoms with Crippen LogP contribution in [-0.4, -0.2) is 36.6 Å². The van der Waals surface area contributed by atoms with Crippen LogP contribution in [0.5, 0.6) is 11.5 Å². The lowest BCUT2D eigenvalue weighted by Gasteiger charge is -2.22. The molecule has 0 unspecified atom stereocenters. The topological polar surface area (TPSA) is 63.7 Å². The van der Waals surface area contributed by atoms with Gasteiger partial charge in [0.1, 0.15) is 16.5 Å². The van der Waals surface area contributed by atoms with Gasteiger partial charge >= 0.3 is 0 Å². The summed E-state index contributed by atoms with van der Waals surface area (Å²) in [5.74, 6) is 0.930. The molecule has 8 heteroatoms. The fourth-order valence-corrected chi connectivity index (χ4v) is 4.75. The molecule has 0 saturated heterocycles. The van der Waals surface area contributed by atoms with Gasteiger partial charge in [0.25, 0.3) is 5.91 Å². The molecule has 0 bridgehead atoms. The van der Waals surface area contributed by atoms with Crippen molar-refractivity contribution in [2.24, 2.45) is 0 Å². The fraction of sp³-hybridized carbons (Fsp3) is 0.241. The van der Waals surface area contributed by atoms with Crippen molar-refractivity contribution in [3.05, 3.63) is 111 Å². The summed E-state index contributed by atoms with van der Waals surface area (Å²) in [6.45, 7) is 2.39. The monoisotopic (exact) mass is 519 g/mol. The number of aromatic nitrogens is 1. The maximum absolute atomic E-state index is 13.4. The highest BCUT2D eigenvalue weighted by atomic mass is 32.1. The molecule has 1 N–H and O–H groups in total. The van der Waals surface area contributed by atoms with Crippen LogP contribution in [0.4, 0.5) is 4.39 Å². The first-order valence-electron chi connectivity index (χ1n) is 12.0. The van der Waals surface area contributed by atoms with E-state index in [0.29, 0.717) is 36.8 Å². The molecule has 0 aliphatic carbocycles. The molecular weight excluding hydrogens is 489 g/mol. The van der Waals surface area contributed by atoms with Gasteiger partial charge in [0.05, 0.1) is 20.8 Å². The lowest BCUT2D eigenvalue weighted by Crippen LogP contribution is -2.26. The Hall–Kier alpha value is -3.75. The number of thiazole rings is 1. The minimum absolute atomic E-state index is 0.193. The Morgan fingerprint density at radius 3 is 2.38 bits per heavy atom. The van der Waals surface area contributed by atoms with Crippen molar-refractivity contribution in [1.29, 1.82) is 0 Å². The second kappa shape index (κ2) is 13.0. The summed E-state index contributed by atoms with van der Waals surface area (Å²) in [5.41, 5.74) is 3.57. The number of methoxy groups -OCH3 is 2. The molecule has 4 rings (SSSR count). The number of amides is 1. The van der Waals surface area contributed by atoms with Gasteiger partial charge in [0.15, 0.2) is 11.5 Å². The lowest BCUT2D eigenvalue weighted by atomic mass is 10.1. The van der Waals surface area contributed by atoms with E-state index in [1.54, 1.807) is 31.7 Å². The molecule has 0 fully saturated rings. The second-order valence-electron chi connectivity index (χ2n) is 8.57. The number of ether oxygens (including phenoxy) is 2. The number of rotatable bonds is 12. The number of halogens is 1. The SMILES string of the molecule is COc1ccc(CCN(Cc2ccc(F)cc2)Cc2nc(C(=O)NCc3ccccc3)cs2)cc1OC. The Morgan fingerprint density at radius 2 is 1.65 bits per heavy atom. The van der Waals surface area contributed by atoms with Crippen molar-refractivity contribution >= 4 is 17.2 Å². The highest BCUT2D eigenvalue weighted by molar-refractivity contribution is 7.09. The summed E-state index contributed by atoms with van der Waals surface area (Å²) in [7, 11) is 3.24. The molecule has 3 aromatic carbocycles. The molecule has 1 heterocycles. The van der Waals surface area contributed by atoms with Gasteiger partial charge in [-0.15, -0.1) is 11.3 Å². The van der Waals surface area contributed by atoms with Crippen LogP contribution in [0.3, 0.4) is 0 Å². The van der Waals surface area contributed by atoms with Gasteiger partial charge < -0.3 is 14.8 Å². The molecule has 0 spiro atoms. The van der Waals surface area contributed by atoms with Crippen molar-refractivity contribution in [2.75, 3.05) is 20.8 Å². The van der Waals surface area contributed by atoms with Crippen LogP contribution in [0.25, 0.3) is 0 Å². The quantitative estimate of drug-likeness (QED) is 0.269. The number of carbonyl (C=O) groups is 1. The first-order valence-corrected chi connectivity index (χ1v) is 12.9. The Bertz CT molecular complexity index is 1300. The van der Waals surface area contributed by atoms with Crippen molar-refractivity contribution < 1.29 is 18.7 Å². The third kappa shape index (κ3) is 7.62. The summed E-state index contributed by atoms with van der Waals surface area (Å²) in [6.07, 6.45) is 0.775. The first-order chi connectivity index (χ1) is 18.0. The minimum Gasteiger partial charge on any atom is -0.493 e. The Morgan fingerprint density at radius 1 is 0.919 bits per heavy atom. The standard InChI is InChI=1S/C29H30FN3O3S/c1-35-26-13-10-21(16-27(26)36-2)14-15-33(18-23-8-11-24(30)12-9-23)19-28-32-25(20-37-28)29(34)31-17-22-6-4-3-5-7-22/h3-13,16,20H,14-15,17-19H2,1-2H3,(H,31,34). The predicted octanol–water partition coefficient (Wildman–Crippen LogP) is 5.47. The number of carbonyl (C=O) groups excluding carboxylic acids is 1. The van der Waals surface area contributed by atoms with E-state index in [2.05, 4.69) is 15.2 Å². The van der Waals surface area contributed by atoms with E-state index in [1.165, 1.54) is 23.5 Å². The van der Waals surface area contributed by atoms with Gasteiger partial charge in [-0.25, -0.2) is 9.37 Å². The zero-order valence-electron chi connectivity index (χ0n) is 20.9. The van der Waals surface area contributed by atoms with Crippen LogP contribution in [0.1, 0.15) is 32.2 Å². The van der Waals surface area contributed by atoms with Crippen LogP contribution < -0.4 is 14.8 Å². The van der Waals surface area contributed by atoms with Crippen LogP contribution in [-0.2, 0) is 26.1 Å². The lowest BCUT2D eigenvalue weighted by molar-refractivity contribution is 0.0946. The molecular formula is C29H30FN3O3S. The maximum Gasteiger partial charge on any atom is 0.271 e. The van der Waals surface area contributed by atoms with E-state index < -0.39 is 0 Å². The molecule has 0 aliphatic heterocycles. The van der Waals surface area contributed by atoms with Gasteiger partial charge in [-0.05, 0) is 47.4 Å². The smallest absolute Gasteiger partial charge is 0.271 e. The number of benzene rings is 3. The molecule has 0 radical (unpaired) electrons. The summed E-state index contributed by atoms with van der Waals surface area (Å²) in [4.78, 5) is 19.5. The van der Waals surface area contributed by atoms with Crippen LogP contribution >= 0.6 is 11.3 Å². The van der Waals surface area contributed by atoms with E-state index in [0.717, 1.165) is 34.7 Å². The maximum atomic E-state index is 13.4.